The highest BCUT2D eigenvalue weighted by atomic mass is 32.2. The fourth-order valence-corrected chi connectivity index (χ4v) is 5.66. The average Bonchev–Trinajstić information content (AvgIpc) is 3.35. The van der Waals surface area contributed by atoms with E-state index in [0.717, 1.165) is 24.1 Å². The zero-order chi connectivity index (χ0) is 23.3. The van der Waals surface area contributed by atoms with Gasteiger partial charge in [-0.2, -0.15) is 0 Å². The molecular formula is C25H31FN4O2S. The molecule has 0 amide bonds. The summed E-state index contributed by atoms with van der Waals surface area (Å²) in [7, 11) is -3.95. The molecule has 1 aromatic heterocycles. The zero-order valence-electron chi connectivity index (χ0n) is 18.9. The van der Waals surface area contributed by atoms with Crippen molar-refractivity contribution in [3.63, 3.8) is 0 Å². The van der Waals surface area contributed by atoms with E-state index in [1.807, 2.05) is 12.1 Å². The standard InChI is InChI=1S/C25H31FN4O2S/c1-19(20-7-3-2-4-8-20)16-28-17-21-9-5-6-10-24(21)29-33(31,32)22-11-12-25(23(26)15-22)30-14-13-27-18-30/h5-6,9-15,18-20,28-29H,2-4,7-8,16-17H2,1H3. The summed E-state index contributed by atoms with van der Waals surface area (Å²) in [4.78, 5) is 3.77. The molecule has 1 atom stereocenters. The third-order valence-corrected chi connectivity index (χ3v) is 7.87. The molecule has 2 N–H and O–H groups in total. The highest BCUT2D eigenvalue weighted by molar-refractivity contribution is 7.92. The molecule has 1 aliphatic rings. The van der Waals surface area contributed by atoms with Crippen LogP contribution in [0, 0.1) is 17.7 Å². The van der Waals surface area contributed by atoms with Crippen molar-refractivity contribution in [1.29, 1.82) is 0 Å². The molecular weight excluding hydrogens is 439 g/mol. The van der Waals surface area contributed by atoms with Gasteiger partial charge in [0, 0.05) is 18.9 Å². The SMILES string of the molecule is CC(CNCc1ccccc1NS(=O)(=O)c1ccc(-n2ccnc2)c(F)c1)C1CCCCC1. The van der Waals surface area contributed by atoms with Crippen LogP contribution >= 0.6 is 0 Å². The minimum Gasteiger partial charge on any atom is -0.312 e. The van der Waals surface area contributed by atoms with Gasteiger partial charge in [0.2, 0.25) is 0 Å². The molecule has 6 nitrogen and oxygen atoms in total. The van der Waals surface area contributed by atoms with Crippen LogP contribution in [0.5, 0.6) is 0 Å². The number of nitrogens with one attached hydrogen (secondary N) is 2. The Balaban J connectivity index is 1.43. The number of aromatic nitrogens is 2. The van der Waals surface area contributed by atoms with Crippen LogP contribution in [-0.4, -0.2) is 24.5 Å². The number of anilines is 1. The zero-order valence-corrected chi connectivity index (χ0v) is 19.7. The van der Waals surface area contributed by atoms with Crippen molar-refractivity contribution in [1.82, 2.24) is 14.9 Å². The minimum absolute atomic E-state index is 0.127. The molecule has 0 bridgehead atoms. The van der Waals surface area contributed by atoms with Crippen molar-refractivity contribution in [2.45, 2.75) is 50.5 Å². The first-order valence-corrected chi connectivity index (χ1v) is 13.0. The number of sulfonamides is 1. The molecule has 4 rings (SSSR count). The van der Waals surface area contributed by atoms with Crippen LogP contribution in [0.15, 0.2) is 66.1 Å². The van der Waals surface area contributed by atoms with E-state index in [1.165, 1.54) is 61.3 Å². The van der Waals surface area contributed by atoms with Gasteiger partial charge >= 0.3 is 0 Å². The van der Waals surface area contributed by atoms with Crippen LogP contribution in [0.1, 0.15) is 44.6 Å². The Morgan fingerprint density at radius 2 is 1.94 bits per heavy atom. The van der Waals surface area contributed by atoms with Crippen molar-refractivity contribution in [2.75, 3.05) is 11.3 Å². The lowest BCUT2D eigenvalue weighted by atomic mass is 9.81. The van der Waals surface area contributed by atoms with Gasteiger partial charge in [-0.3, -0.25) is 4.72 Å². The smallest absolute Gasteiger partial charge is 0.262 e. The summed E-state index contributed by atoms with van der Waals surface area (Å²) >= 11 is 0. The van der Waals surface area contributed by atoms with E-state index in [2.05, 4.69) is 21.9 Å². The number of hydrogen-bond donors (Lipinski definition) is 2. The molecule has 3 aromatic rings. The maximum Gasteiger partial charge on any atom is 0.262 e. The molecule has 1 fully saturated rings. The summed E-state index contributed by atoms with van der Waals surface area (Å²) in [6.45, 7) is 3.75. The second-order valence-electron chi connectivity index (χ2n) is 8.85. The molecule has 33 heavy (non-hydrogen) atoms. The van der Waals surface area contributed by atoms with Crippen LogP contribution in [0.4, 0.5) is 10.1 Å². The van der Waals surface area contributed by atoms with Gasteiger partial charge in [0.1, 0.15) is 5.82 Å². The third-order valence-electron chi connectivity index (χ3n) is 6.51. The highest BCUT2D eigenvalue weighted by Crippen LogP contribution is 2.29. The first-order chi connectivity index (χ1) is 15.9. The Morgan fingerprint density at radius 1 is 1.15 bits per heavy atom. The molecule has 0 spiro atoms. The molecule has 2 aromatic carbocycles. The normalized spacial score (nSPS) is 15.9. The van der Waals surface area contributed by atoms with E-state index in [9.17, 15) is 12.8 Å². The number of imidazole rings is 1. The summed E-state index contributed by atoms with van der Waals surface area (Å²) in [6.07, 6.45) is 11.2. The first kappa shape index (κ1) is 23.4. The van der Waals surface area contributed by atoms with E-state index in [-0.39, 0.29) is 10.6 Å². The second kappa shape index (κ2) is 10.5. The Morgan fingerprint density at radius 3 is 2.67 bits per heavy atom. The predicted molar refractivity (Wildman–Crippen MR) is 128 cm³/mol. The Bertz CT molecular complexity index is 1160. The van der Waals surface area contributed by atoms with Gasteiger partial charge in [-0.1, -0.05) is 57.2 Å². The molecule has 1 unspecified atom stereocenters. The van der Waals surface area contributed by atoms with Gasteiger partial charge in [-0.15, -0.1) is 0 Å². The fourth-order valence-electron chi connectivity index (χ4n) is 4.55. The van der Waals surface area contributed by atoms with E-state index in [4.69, 9.17) is 0 Å². The van der Waals surface area contributed by atoms with E-state index in [0.29, 0.717) is 18.2 Å². The summed E-state index contributed by atoms with van der Waals surface area (Å²) in [5, 5.41) is 3.49. The molecule has 8 heteroatoms. The van der Waals surface area contributed by atoms with Crippen molar-refractivity contribution < 1.29 is 12.8 Å². The van der Waals surface area contributed by atoms with Crippen molar-refractivity contribution in [2.24, 2.45) is 11.8 Å². The monoisotopic (exact) mass is 470 g/mol. The van der Waals surface area contributed by atoms with Gasteiger partial charge < -0.3 is 9.88 Å². The van der Waals surface area contributed by atoms with E-state index < -0.39 is 15.8 Å². The number of nitrogens with zero attached hydrogens (tertiary/aromatic N) is 2. The number of rotatable bonds is 9. The molecule has 0 aliphatic heterocycles. The molecule has 1 saturated carbocycles. The first-order valence-electron chi connectivity index (χ1n) is 11.5. The lowest BCUT2D eigenvalue weighted by molar-refractivity contribution is 0.256. The molecule has 0 saturated heterocycles. The third kappa shape index (κ3) is 5.81. The van der Waals surface area contributed by atoms with Gasteiger partial charge in [0.15, 0.2) is 0 Å². The fraction of sp³-hybridized carbons (Fsp3) is 0.400. The molecule has 0 radical (unpaired) electrons. The van der Waals surface area contributed by atoms with Crippen molar-refractivity contribution in [3.05, 3.63) is 72.6 Å². The van der Waals surface area contributed by atoms with Crippen molar-refractivity contribution in [3.8, 4) is 5.69 Å². The molecule has 1 heterocycles. The number of halogens is 1. The van der Waals surface area contributed by atoms with Gasteiger partial charge in [0.05, 0.1) is 22.6 Å². The van der Waals surface area contributed by atoms with Crippen molar-refractivity contribution >= 4 is 15.7 Å². The molecule has 176 valence electrons. The highest BCUT2D eigenvalue weighted by Gasteiger charge is 2.21. The molecule has 1 aliphatic carbocycles. The average molecular weight is 471 g/mol. The van der Waals surface area contributed by atoms with Gasteiger partial charge in [-0.25, -0.2) is 17.8 Å². The minimum atomic E-state index is -3.95. The van der Waals surface area contributed by atoms with E-state index >= 15 is 0 Å². The Labute approximate surface area is 195 Å². The van der Waals surface area contributed by atoms with Gasteiger partial charge in [-0.05, 0) is 48.2 Å². The van der Waals surface area contributed by atoms with Crippen LogP contribution in [-0.2, 0) is 16.6 Å². The van der Waals surface area contributed by atoms with Crippen LogP contribution in [0.25, 0.3) is 5.69 Å². The van der Waals surface area contributed by atoms with Crippen LogP contribution in [0.2, 0.25) is 0 Å². The van der Waals surface area contributed by atoms with Gasteiger partial charge in [0.25, 0.3) is 10.0 Å². The van der Waals surface area contributed by atoms with E-state index in [1.54, 1.807) is 18.3 Å². The number of benzene rings is 2. The summed E-state index contributed by atoms with van der Waals surface area (Å²) in [6, 6.07) is 11.2. The predicted octanol–water partition coefficient (Wildman–Crippen LogP) is 5.12. The topological polar surface area (TPSA) is 76.0 Å². The lowest BCUT2D eigenvalue weighted by Crippen LogP contribution is -2.27. The number of hydrogen-bond acceptors (Lipinski definition) is 4. The summed E-state index contributed by atoms with van der Waals surface area (Å²) in [5.41, 5.74) is 1.59. The summed E-state index contributed by atoms with van der Waals surface area (Å²) < 4.78 is 44.7. The van der Waals surface area contributed by atoms with Crippen LogP contribution < -0.4 is 10.0 Å². The Kier molecular flexibility index (Phi) is 7.45. The largest absolute Gasteiger partial charge is 0.312 e. The second-order valence-corrected chi connectivity index (χ2v) is 10.5. The number of para-hydroxylation sites is 1. The lowest BCUT2D eigenvalue weighted by Gasteiger charge is -2.28. The Hall–Kier alpha value is -2.71. The quantitative estimate of drug-likeness (QED) is 0.455. The maximum absolute atomic E-state index is 14.6. The maximum atomic E-state index is 14.6. The summed E-state index contributed by atoms with van der Waals surface area (Å²) in [5.74, 6) is 0.717. The van der Waals surface area contributed by atoms with Crippen LogP contribution in [0.3, 0.4) is 0 Å².